The van der Waals surface area contributed by atoms with Crippen molar-refractivity contribution in [3.05, 3.63) is 23.8 Å². The minimum Gasteiger partial charge on any atom is -0.491 e. The quantitative estimate of drug-likeness (QED) is 0.810. The largest absolute Gasteiger partial charge is 0.491 e. The molecule has 2 N–H and O–H groups in total. The van der Waals surface area contributed by atoms with Gasteiger partial charge in [0.25, 0.3) is 0 Å². The van der Waals surface area contributed by atoms with E-state index in [9.17, 15) is 4.79 Å². The first kappa shape index (κ1) is 16.8. The van der Waals surface area contributed by atoms with Crippen molar-refractivity contribution < 1.29 is 9.53 Å². The number of hydrogen-bond donors (Lipinski definition) is 2. The van der Waals surface area contributed by atoms with Crippen LogP contribution in [0.25, 0.3) is 0 Å². The molecule has 4 heteroatoms. The number of hydrogen-bond acceptors (Lipinski definition) is 3. The topological polar surface area (TPSA) is 50.4 Å². The predicted octanol–water partition coefficient (Wildman–Crippen LogP) is 3.50. The van der Waals surface area contributed by atoms with Crippen molar-refractivity contribution in [2.45, 2.75) is 46.0 Å². The second-order valence-corrected chi connectivity index (χ2v) is 6.13. The van der Waals surface area contributed by atoms with Gasteiger partial charge >= 0.3 is 0 Å². The van der Waals surface area contributed by atoms with E-state index in [4.69, 9.17) is 4.74 Å². The fourth-order valence-corrected chi connectivity index (χ4v) is 2.78. The molecule has 0 spiro atoms. The Hall–Kier alpha value is -1.55. The Balaban J connectivity index is 1.87. The number of rotatable bonds is 7. The number of carbonyl (C=O) groups is 1. The molecule has 1 aliphatic heterocycles. The minimum absolute atomic E-state index is 0.0868. The summed E-state index contributed by atoms with van der Waals surface area (Å²) in [5, 5.41) is 6.36. The summed E-state index contributed by atoms with van der Waals surface area (Å²) in [4.78, 5) is 12.2. The summed E-state index contributed by atoms with van der Waals surface area (Å²) in [5.41, 5.74) is 1.92. The van der Waals surface area contributed by atoms with Gasteiger partial charge in [-0.25, -0.2) is 0 Å². The zero-order valence-electron chi connectivity index (χ0n) is 13.8. The zero-order chi connectivity index (χ0) is 15.8. The molecule has 2 rings (SSSR count). The van der Waals surface area contributed by atoms with Crippen LogP contribution in [-0.2, 0) is 4.79 Å². The van der Waals surface area contributed by atoms with Crippen molar-refractivity contribution in [1.29, 1.82) is 0 Å². The molecule has 1 fully saturated rings. The van der Waals surface area contributed by atoms with E-state index < -0.39 is 0 Å². The first-order chi connectivity index (χ1) is 10.7. The van der Waals surface area contributed by atoms with E-state index >= 15 is 0 Å². The van der Waals surface area contributed by atoms with Crippen molar-refractivity contribution in [2.24, 2.45) is 5.92 Å². The number of ether oxygens (including phenoxy) is 1. The molecule has 0 atom stereocenters. The van der Waals surface area contributed by atoms with Gasteiger partial charge in [-0.1, -0.05) is 13.0 Å². The highest BCUT2D eigenvalue weighted by molar-refractivity contribution is 5.92. The van der Waals surface area contributed by atoms with Crippen LogP contribution >= 0.6 is 0 Å². The first-order valence-corrected chi connectivity index (χ1v) is 8.43. The second-order valence-electron chi connectivity index (χ2n) is 6.13. The molecular weight excluding hydrogens is 276 g/mol. The molecule has 122 valence electrons. The Labute approximate surface area is 133 Å². The fraction of sp³-hybridized carbons (Fsp3) is 0.611. The zero-order valence-corrected chi connectivity index (χ0v) is 13.8. The van der Waals surface area contributed by atoms with Crippen LogP contribution in [0.2, 0.25) is 0 Å². The minimum atomic E-state index is 0.0868. The Kier molecular flexibility index (Phi) is 6.72. The molecule has 1 heterocycles. The van der Waals surface area contributed by atoms with Crippen LogP contribution in [0.4, 0.5) is 5.69 Å². The number of benzene rings is 1. The predicted molar refractivity (Wildman–Crippen MR) is 90.4 cm³/mol. The Morgan fingerprint density at radius 2 is 2.14 bits per heavy atom. The third-order valence-corrected chi connectivity index (χ3v) is 4.11. The van der Waals surface area contributed by atoms with Crippen LogP contribution in [-0.4, -0.2) is 25.6 Å². The van der Waals surface area contributed by atoms with Crippen molar-refractivity contribution in [3.63, 3.8) is 0 Å². The number of carbonyl (C=O) groups excluding carboxylic acids is 1. The van der Waals surface area contributed by atoms with Crippen LogP contribution in [0.5, 0.6) is 5.75 Å². The summed E-state index contributed by atoms with van der Waals surface area (Å²) in [6, 6.07) is 5.92. The molecule has 4 nitrogen and oxygen atoms in total. The van der Waals surface area contributed by atoms with Gasteiger partial charge in [-0.3, -0.25) is 4.79 Å². The molecule has 1 aromatic carbocycles. The smallest absolute Gasteiger partial charge is 0.224 e. The summed E-state index contributed by atoms with van der Waals surface area (Å²) in [7, 11) is 0. The molecular formula is C18H28N2O2. The van der Waals surface area contributed by atoms with Gasteiger partial charge in [-0.15, -0.1) is 0 Å². The Morgan fingerprint density at radius 3 is 2.86 bits per heavy atom. The summed E-state index contributed by atoms with van der Waals surface area (Å²) in [5.74, 6) is 1.54. The van der Waals surface area contributed by atoms with Crippen LogP contribution in [0.15, 0.2) is 18.2 Å². The van der Waals surface area contributed by atoms with E-state index in [-0.39, 0.29) is 5.91 Å². The lowest BCUT2D eigenvalue weighted by atomic mass is 9.93. The monoisotopic (exact) mass is 304 g/mol. The molecule has 0 unspecified atom stereocenters. The van der Waals surface area contributed by atoms with Gasteiger partial charge in [0.15, 0.2) is 0 Å². The van der Waals surface area contributed by atoms with E-state index in [1.54, 1.807) is 0 Å². The summed E-state index contributed by atoms with van der Waals surface area (Å²) < 4.78 is 5.74. The van der Waals surface area contributed by atoms with E-state index in [1.807, 2.05) is 25.1 Å². The molecule has 1 saturated heterocycles. The van der Waals surface area contributed by atoms with Gasteiger partial charge in [-0.2, -0.15) is 0 Å². The standard InChI is InChI=1S/C18H28N2O2/c1-3-12-22-17-13-14(2)4-6-16(17)20-18(21)7-5-15-8-10-19-11-9-15/h4,6,13,15,19H,3,5,7-12H2,1-2H3,(H,20,21). The highest BCUT2D eigenvalue weighted by Gasteiger charge is 2.15. The van der Waals surface area contributed by atoms with Gasteiger partial charge in [-0.05, 0) is 69.3 Å². The molecule has 0 aromatic heterocycles. The third kappa shape index (κ3) is 5.34. The van der Waals surface area contributed by atoms with Crippen molar-refractivity contribution in [2.75, 3.05) is 25.0 Å². The molecule has 0 saturated carbocycles. The van der Waals surface area contributed by atoms with Gasteiger partial charge in [0, 0.05) is 6.42 Å². The third-order valence-electron chi connectivity index (χ3n) is 4.11. The van der Waals surface area contributed by atoms with Gasteiger partial charge in [0.1, 0.15) is 5.75 Å². The molecule has 0 radical (unpaired) electrons. The van der Waals surface area contributed by atoms with Crippen molar-refractivity contribution in [3.8, 4) is 5.75 Å². The molecule has 0 aliphatic carbocycles. The highest BCUT2D eigenvalue weighted by atomic mass is 16.5. The van der Waals surface area contributed by atoms with Crippen LogP contribution in [0.3, 0.4) is 0 Å². The maximum Gasteiger partial charge on any atom is 0.224 e. The van der Waals surface area contributed by atoms with E-state index in [2.05, 4.69) is 17.6 Å². The SMILES string of the molecule is CCCOc1cc(C)ccc1NC(=O)CCC1CCNCC1. The highest BCUT2D eigenvalue weighted by Crippen LogP contribution is 2.26. The van der Waals surface area contributed by atoms with Gasteiger partial charge in [0.05, 0.1) is 12.3 Å². The number of anilines is 1. The Bertz CT molecular complexity index is 482. The summed E-state index contributed by atoms with van der Waals surface area (Å²) in [6.45, 7) is 6.94. The first-order valence-electron chi connectivity index (χ1n) is 8.43. The maximum atomic E-state index is 12.2. The van der Waals surface area contributed by atoms with E-state index in [0.29, 0.717) is 18.9 Å². The lowest BCUT2D eigenvalue weighted by Gasteiger charge is -2.22. The normalized spacial score (nSPS) is 15.5. The lowest BCUT2D eigenvalue weighted by Crippen LogP contribution is -2.28. The molecule has 0 bridgehead atoms. The van der Waals surface area contributed by atoms with Crippen LogP contribution in [0.1, 0.15) is 44.6 Å². The fourth-order valence-electron chi connectivity index (χ4n) is 2.78. The lowest BCUT2D eigenvalue weighted by molar-refractivity contribution is -0.116. The summed E-state index contributed by atoms with van der Waals surface area (Å²) >= 11 is 0. The van der Waals surface area contributed by atoms with E-state index in [1.165, 1.54) is 12.8 Å². The number of piperidine rings is 1. The molecule has 1 amide bonds. The number of aryl methyl sites for hydroxylation is 1. The molecule has 22 heavy (non-hydrogen) atoms. The number of amides is 1. The van der Waals surface area contributed by atoms with Gasteiger partial charge in [0.2, 0.25) is 5.91 Å². The van der Waals surface area contributed by atoms with Crippen molar-refractivity contribution in [1.82, 2.24) is 5.32 Å². The second kappa shape index (κ2) is 8.79. The molecule has 1 aliphatic rings. The maximum absolute atomic E-state index is 12.2. The van der Waals surface area contributed by atoms with Crippen LogP contribution in [0, 0.1) is 12.8 Å². The average molecular weight is 304 g/mol. The van der Waals surface area contributed by atoms with Crippen LogP contribution < -0.4 is 15.4 Å². The van der Waals surface area contributed by atoms with Gasteiger partial charge < -0.3 is 15.4 Å². The summed E-state index contributed by atoms with van der Waals surface area (Å²) in [6.07, 6.45) is 4.89. The van der Waals surface area contributed by atoms with Crippen molar-refractivity contribution >= 4 is 11.6 Å². The van der Waals surface area contributed by atoms with E-state index in [0.717, 1.165) is 42.9 Å². The number of nitrogens with one attached hydrogen (secondary N) is 2. The Morgan fingerprint density at radius 1 is 1.36 bits per heavy atom. The average Bonchev–Trinajstić information content (AvgIpc) is 2.54. The molecule has 1 aromatic rings.